The fourth-order valence-electron chi connectivity index (χ4n) is 2.01. The molecule has 0 aromatic carbocycles. The predicted octanol–water partition coefficient (Wildman–Crippen LogP) is 0.246. The molecular formula is C11H13N5O2S. The smallest absolute Gasteiger partial charge is 0.273 e. The Balaban J connectivity index is 2.01. The van der Waals surface area contributed by atoms with E-state index in [0.29, 0.717) is 12.2 Å². The molecule has 2 N–H and O–H groups in total. The molecule has 0 amide bonds. The highest BCUT2D eigenvalue weighted by Crippen LogP contribution is 2.37. The molecule has 1 aliphatic carbocycles. The van der Waals surface area contributed by atoms with Crippen LogP contribution in [0.25, 0.3) is 0 Å². The highest BCUT2D eigenvalue weighted by molar-refractivity contribution is 7.89. The lowest BCUT2D eigenvalue weighted by Crippen LogP contribution is -2.19. The van der Waals surface area contributed by atoms with Crippen molar-refractivity contribution in [1.29, 1.82) is 0 Å². The summed E-state index contributed by atoms with van der Waals surface area (Å²) < 4.78 is 24.6. The van der Waals surface area contributed by atoms with Gasteiger partial charge < -0.3 is 0 Å². The molecule has 2 heterocycles. The molecule has 0 saturated heterocycles. The van der Waals surface area contributed by atoms with Crippen molar-refractivity contribution in [2.24, 2.45) is 5.14 Å². The maximum atomic E-state index is 11.5. The summed E-state index contributed by atoms with van der Waals surface area (Å²) in [5.41, 5.74) is 0.956. The molecule has 100 valence electrons. The Kier molecular flexibility index (Phi) is 2.83. The summed E-state index contributed by atoms with van der Waals surface area (Å²) in [6.07, 6.45) is 5.77. The lowest BCUT2D eigenvalue weighted by atomic mass is 10.2. The largest absolute Gasteiger partial charge is 0.297 e. The van der Waals surface area contributed by atoms with E-state index in [1.54, 1.807) is 17.0 Å². The Morgan fingerprint density at radius 1 is 1.37 bits per heavy atom. The summed E-state index contributed by atoms with van der Waals surface area (Å²) in [7, 11) is -3.84. The average Bonchev–Trinajstić information content (AvgIpc) is 3.11. The van der Waals surface area contributed by atoms with Gasteiger partial charge in [-0.05, 0) is 24.5 Å². The molecule has 0 bridgehead atoms. The van der Waals surface area contributed by atoms with E-state index in [1.807, 2.05) is 12.1 Å². The van der Waals surface area contributed by atoms with Crippen LogP contribution in [0.15, 0.2) is 29.7 Å². The van der Waals surface area contributed by atoms with E-state index in [4.69, 9.17) is 5.14 Å². The first-order valence-electron chi connectivity index (χ1n) is 5.91. The van der Waals surface area contributed by atoms with Gasteiger partial charge in [0.2, 0.25) is 0 Å². The number of nitrogens with two attached hydrogens (primary N) is 1. The molecule has 0 radical (unpaired) electrons. The second-order valence-corrected chi connectivity index (χ2v) is 6.04. The number of hydrogen-bond acceptors (Lipinski definition) is 5. The van der Waals surface area contributed by atoms with Crippen molar-refractivity contribution in [2.45, 2.75) is 30.5 Å². The molecule has 0 aliphatic heterocycles. The van der Waals surface area contributed by atoms with Crippen LogP contribution in [0, 0.1) is 0 Å². The van der Waals surface area contributed by atoms with Crippen LogP contribution in [0.1, 0.15) is 30.3 Å². The van der Waals surface area contributed by atoms with E-state index in [2.05, 4.69) is 15.2 Å². The fraction of sp³-hybridized carbons (Fsp3) is 0.364. The Bertz CT molecular complexity index is 691. The molecule has 0 unspecified atom stereocenters. The quantitative estimate of drug-likeness (QED) is 0.863. The SMILES string of the molecule is NS(=O)(=O)c1nnc(Cc2cccnc2)n1C1CC1. The standard InChI is InChI=1S/C11H13N5O2S/c12-19(17,18)11-15-14-10(16(11)9-3-4-9)6-8-2-1-5-13-7-8/h1-2,5,7,9H,3-4,6H2,(H2,12,17,18). The predicted molar refractivity (Wildman–Crippen MR) is 66.7 cm³/mol. The molecular weight excluding hydrogens is 266 g/mol. The molecule has 1 fully saturated rings. The van der Waals surface area contributed by atoms with Gasteiger partial charge in [0.15, 0.2) is 0 Å². The zero-order valence-corrected chi connectivity index (χ0v) is 10.9. The van der Waals surface area contributed by atoms with Crippen LogP contribution in [0.4, 0.5) is 0 Å². The molecule has 0 atom stereocenters. The van der Waals surface area contributed by atoms with Gasteiger partial charge in [-0.1, -0.05) is 6.07 Å². The minimum absolute atomic E-state index is 0.145. The van der Waals surface area contributed by atoms with Gasteiger partial charge in [0.05, 0.1) is 0 Å². The Labute approximate surface area is 110 Å². The van der Waals surface area contributed by atoms with Gasteiger partial charge in [-0.2, -0.15) is 0 Å². The van der Waals surface area contributed by atoms with Gasteiger partial charge in [-0.25, -0.2) is 13.6 Å². The number of hydrogen-bond donors (Lipinski definition) is 1. The van der Waals surface area contributed by atoms with Crippen molar-refractivity contribution < 1.29 is 8.42 Å². The molecule has 1 saturated carbocycles. The highest BCUT2D eigenvalue weighted by atomic mass is 32.2. The van der Waals surface area contributed by atoms with Gasteiger partial charge in [-0.3, -0.25) is 9.55 Å². The maximum Gasteiger partial charge on any atom is 0.273 e. The zero-order valence-electron chi connectivity index (χ0n) is 10.1. The normalized spacial score (nSPS) is 15.6. The molecule has 2 aromatic heterocycles. The summed E-state index contributed by atoms with van der Waals surface area (Å²) in [5, 5.41) is 12.7. The van der Waals surface area contributed by atoms with E-state index in [0.717, 1.165) is 18.4 Å². The van der Waals surface area contributed by atoms with Crippen LogP contribution in [-0.2, 0) is 16.4 Å². The first-order chi connectivity index (χ1) is 9.05. The van der Waals surface area contributed by atoms with Crippen LogP contribution in [-0.4, -0.2) is 28.2 Å². The number of nitrogens with zero attached hydrogens (tertiary/aromatic N) is 4. The minimum Gasteiger partial charge on any atom is -0.297 e. The third kappa shape index (κ3) is 2.49. The Morgan fingerprint density at radius 3 is 2.74 bits per heavy atom. The van der Waals surface area contributed by atoms with Gasteiger partial charge in [0.1, 0.15) is 5.82 Å². The van der Waals surface area contributed by atoms with Crippen molar-refractivity contribution in [3.8, 4) is 0 Å². The molecule has 7 nitrogen and oxygen atoms in total. The first kappa shape index (κ1) is 12.2. The maximum absolute atomic E-state index is 11.5. The third-order valence-electron chi connectivity index (χ3n) is 2.99. The first-order valence-corrected chi connectivity index (χ1v) is 7.46. The third-order valence-corrected chi connectivity index (χ3v) is 3.77. The second-order valence-electron chi connectivity index (χ2n) is 4.58. The van der Waals surface area contributed by atoms with Crippen molar-refractivity contribution in [3.05, 3.63) is 35.9 Å². The Morgan fingerprint density at radius 2 is 2.16 bits per heavy atom. The zero-order chi connectivity index (χ0) is 13.5. The van der Waals surface area contributed by atoms with Crippen LogP contribution < -0.4 is 5.14 Å². The lowest BCUT2D eigenvalue weighted by molar-refractivity contribution is 0.560. The topological polar surface area (TPSA) is 104 Å². The van der Waals surface area contributed by atoms with E-state index < -0.39 is 10.0 Å². The molecule has 1 aliphatic rings. The second kappa shape index (κ2) is 4.39. The summed E-state index contributed by atoms with van der Waals surface area (Å²) >= 11 is 0. The number of aromatic nitrogens is 4. The number of sulfonamides is 1. The van der Waals surface area contributed by atoms with E-state index in [9.17, 15) is 8.42 Å². The monoisotopic (exact) mass is 279 g/mol. The number of pyridine rings is 1. The molecule has 0 spiro atoms. The lowest BCUT2D eigenvalue weighted by Gasteiger charge is -2.07. The molecule has 3 rings (SSSR count). The van der Waals surface area contributed by atoms with Gasteiger partial charge >= 0.3 is 0 Å². The van der Waals surface area contributed by atoms with E-state index >= 15 is 0 Å². The van der Waals surface area contributed by atoms with Crippen molar-refractivity contribution in [3.63, 3.8) is 0 Å². The minimum atomic E-state index is -3.84. The van der Waals surface area contributed by atoms with Crippen molar-refractivity contribution in [2.75, 3.05) is 0 Å². The summed E-state index contributed by atoms with van der Waals surface area (Å²) in [6.45, 7) is 0. The van der Waals surface area contributed by atoms with Crippen LogP contribution in [0.3, 0.4) is 0 Å². The molecule has 2 aromatic rings. The van der Waals surface area contributed by atoms with Crippen molar-refractivity contribution in [1.82, 2.24) is 19.7 Å². The van der Waals surface area contributed by atoms with E-state index in [-0.39, 0.29) is 11.2 Å². The highest BCUT2D eigenvalue weighted by Gasteiger charge is 2.32. The van der Waals surface area contributed by atoms with Crippen LogP contribution >= 0.6 is 0 Å². The van der Waals surface area contributed by atoms with E-state index in [1.165, 1.54) is 0 Å². The number of primary sulfonamides is 1. The fourth-order valence-corrected chi connectivity index (χ4v) is 2.69. The van der Waals surface area contributed by atoms with Crippen molar-refractivity contribution >= 4 is 10.0 Å². The molecule has 8 heteroatoms. The van der Waals surface area contributed by atoms with Gasteiger partial charge in [0, 0.05) is 24.9 Å². The summed E-state index contributed by atoms with van der Waals surface area (Å²) in [5.74, 6) is 0.611. The Hall–Kier alpha value is -1.80. The van der Waals surface area contributed by atoms with Crippen LogP contribution in [0.5, 0.6) is 0 Å². The number of rotatable bonds is 4. The summed E-state index contributed by atoms with van der Waals surface area (Å²) in [6, 6.07) is 3.89. The molecule has 19 heavy (non-hydrogen) atoms. The van der Waals surface area contributed by atoms with Gasteiger partial charge in [-0.15, -0.1) is 10.2 Å². The van der Waals surface area contributed by atoms with Crippen LogP contribution in [0.2, 0.25) is 0 Å². The van der Waals surface area contributed by atoms with Gasteiger partial charge in [0.25, 0.3) is 15.2 Å². The summed E-state index contributed by atoms with van der Waals surface area (Å²) in [4.78, 5) is 4.03. The average molecular weight is 279 g/mol.